The third-order valence-corrected chi connectivity index (χ3v) is 4.33. The van der Waals surface area contributed by atoms with E-state index in [9.17, 15) is 18.0 Å². The average Bonchev–Trinajstić information content (AvgIpc) is 2.88. The quantitative estimate of drug-likeness (QED) is 0.506. The molecule has 0 radical (unpaired) electrons. The maximum Gasteiger partial charge on any atom is 0.324 e. The minimum Gasteiger partial charge on any atom is -0.465 e. The molecule has 1 N–H and O–H groups in total. The molecule has 3 aliphatic heterocycles. The lowest BCUT2D eigenvalue weighted by atomic mass is 9.80. The normalized spacial score (nSPS) is 40.1. The predicted octanol–water partition coefficient (Wildman–Crippen LogP) is -1.25. The van der Waals surface area contributed by atoms with Crippen LogP contribution in [0.1, 0.15) is 6.42 Å². The summed E-state index contributed by atoms with van der Waals surface area (Å²) in [6.07, 6.45) is -1.02. The van der Waals surface area contributed by atoms with Crippen LogP contribution in [0.25, 0.3) is 0 Å². The molecule has 4 unspecified atom stereocenters. The number of hydrogen-bond donors (Lipinski definition) is 1. The standard InChI is InChI=1S/C10H12O8S/c11-7(3-19(13,14)15)17-6-1-5-4-2-16-10(12)8(4)9(6)18-5/h4-6,8-9H,1-3H2,(H,13,14,15)/t4-,5?,6?,8?,9?/m0/s1. The van der Waals surface area contributed by atoms with Gasteiger partial charge in [0.2, 0.25) is 0 Å². The molecule has 0 aromatic carbocycles. The number of carbonyl (C=O) groups is 2. The SMILES string of the molecule is O=C(CS(=O)(=O)O)OC1CC2OC1C1C(=O)OC[C@@H]21. The van der Waals surface area contributed by atoms with Crippen molar-refractivity contribution in [1.82, 2.24) is 0 Å². The van der Waals surface area contributed by atoms with Gasteiger partial charge in [-0.1, -0.05) is 0 Å². The Balaban J connectivity index is 1.66. The van der Waals surface area contributed by atoms with Crippen molar-refractivity contribution >= 4 is 22.1 Å². The van der Waals surface area contributed by atoms with Crippen molar-refractivity contribution in [3.8, 4) is 0 Å². The van der Waals surface area contributed by atoms with Crippen LogP contribution in [0.2, 0.25) is 0 Å². The van der Waals surface area contributed by atoms with Gasteiger partial charge in [-0.15, -0.1) is 0 Å². The van der Waals surface area contributed by atoms with E-state index < -0.39 is 40.0 Å². The van der Waals surface area contributed by atoms with E-state index in [0.717, 1.165) is 0 Å². The van der Waals surface area contributed by atoms with Gasteiger partial charge in [-0.25, -0.2) is 0 Å². The van der Waals surface area contributed by atoms with Crippen LogP contribution in [-0.4, -0.2) is 55.6 Å². The van der Waals surface area contributed by atoms with E-state index >= 15 is 0 Å². The maximum atomic E-state index is 11.5. The molecule has 0 aliphatic carbocycles. The summed E-state index contributed by atoms with van der Waals surface area (Å²) >= 11 is 0. The van der Waals surface area contributed by atoms with Crippen molar-refractivity contribution in [2.75, 3.05) is 12.4 Å². The number of esters is 2. The van der Waals surface area contributed by atoms with E-state index in [1.165, 1.54) is 0 Å². The van der Waals surface area contributed by atoms with Crippen LogP contribution in [0, 0.1) is 11.8 Å². The molecule has 0 saturated carbocycles. The van der Waals surface area contributed by atoms with Crippen molar-refractivity contribution < 1.29 is 36.8 Å². The minimum atomic E-state index is -4.41. The highest BCUT2D eigenvalue weighted by Gasteiger charge is 2.61. The van der Waals surface area contributed by atoms with Gasteiger partial charge >= 0.3 is 11.9 Å². The van der Waals surface area contributed by atoms with Crippen molar-refractivity contribution in [3.05, 3.63) is 0 Å². The van der Waals surface area contributed by atoms with Gasteiger partial charge in [0.25, 0.3) is 10.1 Å². The van der Waals surface area contributed by atoms with Gasteiger partial charge in [0.15, 0.2) is 5.75 Å². The largest absolute Gasteiger partial charge is 0.465 e. The lowest BCUT2D eigenvalue weighted by molar-refractivity contribution is -0.154. The van der Waals surface area contributed by atoms with Gasteiger partial charge < -0.3 is 14.2 Å². The summed E-state index contributed by atoms with van der Waals surface area (Å²) in [4.78, 5) is 22.9. The summed E-state index contributed by atoms with van der Waals surface area (Å²) in [5, 5.41) is 0. The lowest BCUT2D eigenvalue weighted by Gasteiger charge is -2.24. The van der Waals surface area contributed by atoms with E-state index in [1.54, 1.807) is 0 Å². The smallest absolute Gasteiger partial charge is 0.324 e. The van der Waals surface area contributed by atoms with Gasteiger partial charge in [0.05, 0.1) is 18.6 Å². The summed E-state index contributed by atoms with van der Waals surface area (Å²) in [7, 11) is -4.41. The fraction of sp³-hybridized carbons (Fsp3) is 0.800. The van der Waals surface area contributed by atoms with Crippen LogP contribution in [0.3, 0.4) is 0 Å². The average molecular weight is 292 g/mol. The van der Waals surface area contributed by atoms with Crippen molar-refractivity contribution in [2.45, 2.75) is 24.7 Å². The van der Waals surface area contributed by atoms with E-state index in [4.69, 9.17) is 18.8 Å². The molecule has 3 heterocycles. The van der Waals surface area contributed by atoms with Crippen LogP contribution in [-0.2, 0) is 33.9 Å². The zero-order valence-electron chi connectivity index (χ0n) is 9.72. The molecule has 9 heteroatoms. The molecule has 3 rings (SSSR count). The van der Waals surface area contributed by atoms with Gasteiger partial charge in [-0.05, 0) is 0 Å². The predicted molar refractivity (Wildman–Crippen MR) is 57.5 cm³/mol. The van der Waals surface area contributed by atoms with Gasteiger partial charge in [-0.2, -0.15) is 8.42 Å². The second-order valence-corrected chi connectivity index (χ2v) is 6.40. The first-order chi connectivity index (χ1) is 8.85. The molecule has 5 atom stereocenters. The monoisotopic (exact) mass is 292 g/mol. The first kappa shape index (κ1) is 12.8. The van der Waals surface area contributed by atoms with Crippen molar-refractivity contribution in [3.63, 3.8) is 0 Å². The van der Waals surface area contributed by atoms with Crippen LogP contribution >= 0.6 is 0 Å². The Morgan fingerprint density at radius 1 is 1.47 bits per heavy atom. The number of carbonyl (C=O) groups excluding carboxylic acids is 2. The molecule has 3 saturated heterocycles. The zero-order valence-corrected chi connectivity index (χ0v) is 10.5. The van der Waals surface area contributed by atoms with Crippen LogP contribution in [0.4, 0.5) is 0 Å². The Kier molecular flexibility index (Phi) is 2.80. The third kappa shape index (κ3) is 2.21. The fourth-order valence-electron chi connectivity index (χ4n) is 3.04. The molecule has 0 amide bonds. The number of ether oxygens (including phenoxy) is 3. The summed E-state index contributed by atoms with van der Waals surface area (Å²) < 4.78 is 45.1. The maximum absolute atomic E-state index is 11.5. The molecule has 0 spiro atoms. The summed E-state index contributed by atoms with van der Waals surface area (Å²) in [6.45, 7) is 0.316. The second-order valence-electron chi connectivity index (χ2n) is 4.95. The molecular formula is C10H12O8S. The van der Waals surface area contributed by atoms with Gasteiger partial charge in [0, 0.05) is 12.3 Å². The van der Waals surface area contributed by atoms with Gasteiger partial charge in [0.1, 0.15) is 12.2 Å². The highest BCUT2D eigenvalue weighted by atomic mass is 32.2. The van der Waals surface area contributed by atoms with E-state index in [2.05, 4.69) is 0 Å². The molecule has 0 aromatic rings. The molecule has 2 bridgehead atoms. The molecule has 8 nitrogen and oxygen atoms in total. The first-order valence-corrected chi connectivity index (χ1v) is 7.43. The zero-order chi connectivity index (χ0) is 13.8. The topological polar surface area (TPSA) is 116 Å². The fourth-order valence-corrected chi connectivity index (χ4v) is 3.40. The molecule has 106 valence electrons. The number of hydrogen-bond acceptors (Lipinski definition) is 7. The number of cyclic esters (lactones) is 1. The van der Waals surface area contributed by atoms with Crippen molar-refractivity contribution in [1.29, 1.82) is 0 Å². The van der Waals surface area contributed by atoms with E-state index in [1.807, 2.05) is 0 Å². The Hall–Kier alpha value is -1.19. The Morgan fingerprint density at radius 3 is 2.89 bits per heavy atom. The Labute approximate surface area is 108 Å². The number of rotatable bonds is 3. The van der Waals surface area contributed by atoms with Crippen LogP contribution in [0.15, 0.2) is 0 Å². The molecule has 0 aromatic heterocycles. The third-order valence-electron chi connectivity index (χ3n) is 3.73. The van der Waals surface area contributed by atoms with Crippen LogP contribution < -0.4 is 0 Å². The summed E-state index contributed by atoms with van der Waals surface area (Å²) in [5.74, 6) is -2.96. The van der Waals surface area contributed by atoms with Crippen LogP contribution in [0.5, 0.6) is 0 Å². The summed E-state index contributed by atoms with van der Waals surface area (Å²) in [5.41, 5.74) is 0. The van der Waals surface area contributed by atoms with Crippen molar-refractivity contribution in [2.24, 2.45) is 11.8 Å². The minimum absolute atomic E-state index is 0.00553. The molecule has 19 heavy (non-hydrogen) atoms. The highest BCUT2D eigenvalue weighted by Crippen LogP contribution is 2.48. The Morgan fingerprint density at radius 2 is 2.21 bits per heavy atom. The molecule has 3 aliphatic rings. The highest BCUT2D eigenvalue weighted by molar-refractivity contribution is 7.86. The second kappa shape index (κ2) is 4.15. The first-order valence-electron chi connectivity index (χ1n) is 5.82. The molecule has 3 fully saturated rings. The Bertz CT molecular complexity index is 526. The number of fused-ring (bicyclic) bond motifs is 5. The summed E-state index contributed by atoms with van der Waals surface area (Å²) in [6, 6.07) is 0. The lowest BCUT2D eigenvalue weighted by Crippen LogP contribution is -2.40. The van der Waals surface area contributed by atoms with Gasteiger partial charge in [-0.3, -0.25) is 14.1 Å². The van der Waals surface area contributed by atoms with E-state index in [-0.39, 0.29) is 18.0 Å². The molecular weight excluding hydrogens is 280 g/mol. The van der Waals surface area contributed by atoms with E-state index in [0.29, 0.717) is 13.0 Å².